The number of aryl methyl sites for hydroxylation is 2. The van der Waals surface area contributed by atoms with Crippen LogP contribution in [0.4, 0.5) is 0 Å². The van der Waals surface area contributed by atoms with Gasteiger partial charge in [0.2, 0.25) is 0 Å². The van der Waals surface area contributed by atoms with Crippen molar-refractivity contribution in [1.29, 1.82) is 0 Å². The molecule has 0 amide bonds. The highest BCUT2D eigenvalue weighted by molar-refractivity contribution is 5.19. The summed E-state index contributed by atoms with van der Waals surface area (Å²) in [6.45, 7) is 9.52. The fourth-order valence-corrected chi connectivity index (χ4v) is 1.76. The first-order chi connectivity index (χ1) is 6.61. The number of rotatable bonds is 4. The Labute approximate surface area is 86.8 Å². The van der Waals surface area contributed by atoms with Crippen LogP contribution in [-0.2, 0) is 6.42 Å². The third-order valence-electron chi connectivity index (χ3n) is 2.22. The van der Waals surface area contributed by atoms with Crippen LogP contribution in [-0.4, -0.2) is 17.6 Å². The van der Waals surface area contributed by atoms with Gasteiger partial charge in [0.15, 0.2) is 0 Å². The lowest BCUT2D eigenvalue weighted by Crippen LogP contribution is -2.28. The van der Waals surface area contributed by atoms with Gasteiger partial charge in [-0.15, -0.1) is 0 Å². The first-order valence-corrected chi connectivity index (χ1v) is 5.29. The summed E-state index contributed by atoms with van der Waals surface area (Å²) in [6, 6.07) is 4.79. The van der Waals surface area contributed by atoms with Crippen LogP contribution in [0.25, 0.3) is 0 Å². The van der Waals surface area contributed by atoms with Crippen molar-refractivity contribution in [3.63, 3.8) is 0 Å². The Bertz CT molecular complexity index is 274. The van der Waals surface area contributed by atoms with E-state index in [9.17, 15) is 0 Å². The van der Waals surface area contributed by atoms with Gasteiger partial charge in [-0.2, -0.15) is 0 Å². The van der Waals surface area contributed by atoms with Crippen molar-refractivity contribution >= 4 is 0 Å². The Balaban J connectivity index is 2.66. The van der Waals surface area contributed by atoms with Crippen LogP contribution in [0.15, 0.2) is 12.1 Å². The first kappa shape index (κ1) is 11.2. The minimum absolute atomic E-state index is 0.508. The smallest absolute Gasteiger partial charge is 0.0424 e. The molecule has 1 aromatic heterocycles. The fraction of sp³-hybridized carbons (Fsp3) is 0.583. The van der Waals surface area contributed by atoms with Crippen molar-refractivity contribution in [2.45, 2.75) is 40.2 Å². The van der Waals surface area contributed by atoms with Crippen molar-refractivity contribution in [2.75, 3.05) is 6.54 Å². The molecule has 1 heterocycles. The Kier molecular flexibility index (Phi) is 4.08. The average Bonchev–Trinajstić information content (AvgIpc) is 2.01. The van der Waals surface area contributed by atoms with Crippen LogP contribution < -0.4 is 5.32 Å². The van der Waals surface area contributed by atoms with E-state index in [1.165, 1.54) is 11.3 Å². The van der Waals surface area contributed by atoms with Crippen LogP contribution in [0.1, 0.15) is 30.8 Å². The maximum Gasteiger partial charge on any atom is 0.0424 e. The van der Waals surface area contributed by atoms with Gasteiger partial charge in [-0.3, -0.25) is 4.98 Å². The molecule has 0 bridgehead atoms. The molecule has 1 atom stereocenters. The van der Waals surface area contributed by atoms with Gasteiger partial charge >= 0.3 is 0 Å². The fourth-order valence-electron chi connectivity index (χ4n) is 1.76. The molecule has 0 radical (unpaired) electrons. The van der Waals surface area contributed by atoms with Crippen molar-refractivity contribution in [1.82, 2.24) is 10.3 Å². The van der Waals surface area contributed by atoms with Gasteiger partial charge in [-0.05, 0) is 45.0 Å². The highest BCUT2D eigenvalue weighted by Crippen LogP contribution is 2.06. The van der Waals surface area contributed by atoms with Gasteiger partial charge < -0.3 is 5.32 Å². The number of pyridine rings is 1. The Hall–Kier alpha value is -0.890. The first-order valence-electron chi connectivity index (χ1n) is 5.29. The standard InChI is InChI=1S/C12H20N2/c1-5-13-10(3)8-12-7-9(2)6-11(4)14-12/h6-7,10,13H,5,8H2,1-4H3/t10-/m1/s1. The molecule has 0 aliphatic carbocycles. The average molecular weight is 192 g/mol. The highest BCUT2D eigenvalue weighted by atomic mass is 14.9. The summed E-state index contributed by atoms with van der Waals surface area (Å²) in [4.78, 5) is 4.52. The lowest BCUT2D eigenvalue weighted by molar-refractivity contribution is 0.559. The normalized spacial score (nSPS) is 12.9. The summed E-state index contributed by atoms with van der Waals surface area (Å²) in [5.41, 5.74) is 3.61. The van der Waals surface area contributed by atoms with Crippen molar-refractivity contribution in [3.05, 3.63) is 29.1 Å². The maximum atomic E-state index is 4.52. The number of aromatic nitrogens is 1. The summed E-state index contributed by atoms with van der Waals surface area (Å²) in [6.07, 6.45) is 1.01. The number of nitrogens with one attached hydrogen (secondary N) is 1. The van der Waals surface area contributed by atoms with E-state index in [2.05, 4.69) is 50.1 Å². The number of hydrogen-bond acceptors (Lipinski definition) is 2. The van der Waals surface area contributed by atoms with Crippen LogP contribution in [0.2, 0.25) is 0 Å². The zero-order valence-electron chi connectivity index (χ0n) is 9.59. The zero-order valence-corrected chi connectivity index (χ0v) is 9.59. The second-order valence-corrected chi connectivity index (χ2v) is 3.94. The molecule has 0 saturated carbocycles. The molecule has 78 valence electrons. The highest BCUT2D eigenvalue weighted by Gasteiger charge is 2.03. The molecule has 0 unspecified atom stereocenters. The predicted molar refractivity (Wildman–Crippen MR) is 60.6 cm³/mol. The van der Waals surface area contributed by atoms with E-state index in [1.54, 1.807) is 0 Å². The van der Waals surface area contributed by atoms with Crippen LogP contribution in [0.5, 0.6) is 0 Å². The lowest BCUT2D eigenvalue weighted by Gasteiger charge is -2.12. The Morgan fingerprint density at radius 1 is 1.36 bits per heavy atom. The summed E-state index contributed by atoms with van der Waals surface area (Å²) < 4.78 is 0. The van der Waals surface area contributed by atoms with Gasteiger partial charge in [0.25, 0.3) is 0 Å². The summed E-state index contributed by atoms with van der Waals surface area (Å²) in [7, 11) is 0. The molecule has 14 heavy (non-hydrogen) atoms. The van der Waals surface area contributed by atoms with Crippen molar-refractivity contribution < 1.29 is 0 Å². The van der Waals surface area contributed by atoms with Crippen LogP contribution in [0, 0.1) is 13.8 Å². The third kappa shape index (κ3) is 3.46. The molecule has 2 nitrogen and oxygen atoms in total. The molecule has 1 aromatic rings. The van der Waals surface area contributed by atoms with Crippen molar-refractivity contribution in [3.8, 4) is 0 Å². The van der Waals surface area contributed by atoms with E-state index < -0.39 is 0 Å². The van der Waals surface area contributed by atoms with Gasteiger partial charge in [0.1, 0.15) is 0 Å². The van der Waals surface area contributed by atoms with E-state index in [4.69, 9.17) is 0 Å². The molecule has 2 heteroatoms. The minimum Gasteiger partial charge on any atom is -0.314 e. The molecule has 0 fully saturated rings. The van der Waals surface area contributed by atoms with E-state index in [0.717, 1.165) is 18.7 Å². The topological polar surface area (TPSA) is 24.9 Å². The quantitative estimate of drug-likeness (QED) is 0.791. The monoisotopic (exact) mass is 192 g/mol. The van der Waals surface area contributed by atoms with Gasteiger partial charge in [-0.1, -0.05) is 6.92 Å². The maximum absolute atomic E-state index is 4.52. The molecule has 0 aliphatic rings. The Morgan fingerprint density at radius 3 is 2.64 bits per heavy atom. The van der Waals surface area contributed by atoms with Crippen LogP contribution >= 0.6 is 0 Å². The van der Waals surface area contributed by atoms with E-state index in [1.807, 2.05) is 0 Å². The van der Waals surface area contributed by atoms with Gasteiger partial charge in [0, 0.05) is 23.9 Å². The largest absolute Gasteiger partial charge is 0.314 e. The van der Waals surface area contributed by atoms with Gasteiger partial charge in [-0.25, -0.2) is 0 Å². The molecule has 1 rings (SSSR count). The molecular weight excluding hydrogens is 172 g/mol. The molecular formula is C12H20N2. The van der Waals surface area contributed by atoms with Crippen molar-refractivity contribution in [2.24, 2.45) is 0 Å². The molecule has 0 spiro atoms. The summed E-state index contributed by atoms with van der Waals surface area (Å²) >= 11 is 0. The van der Waals surface area contributed by atoms with Gasteiger partial charge in [0.05, 0.1) is 0 Å². The third-order valence-corrected chi connectivity index (χ3v) is 2.22. The number of nitrogens with zero attached hydrogens (tertiary/aromatic N) is 1. The molecule has 0 aromatic carbocycles. The van der Waals surface area contributed by atoms with E-state index in [0.29, 0.717) is 6.04 Å². The lowest BCUT2D eigenvalue weighted by atomic mass is 10.1. The zero-order chi connectivity index (χ0) is 10.6. The number of likely N-dealkylation sites (N-methyl/N-ethyl adjacent to an activating group) is 1. The second-order valence-electron chi connectivity index (χ2n) is 3.94. The molecule has 1 N–H and O–H groups in total. The molecule has 0 aliphatic heterocycles. The second kappa shape index (κ2) is 5.11. The summed E-state index contributed by atoms with van der Waals surface area (Å²) in [5, 5.41) is 3.39. The summed E-state index contributed by atoms with van der Waals surface area (Å²) in [5.74, 6) is 0. The van der Waals surface area contributed by atoms with E-state index >= 15 is 0 Å². The minimum atomic E-state index is 0.508. The van der Waals surface area contributed by atoms with Crippen LogP contribution in [0.3, 0.4) is 0 Å². The number of hydrogen-bond donors (Lipinski definition) is 1. The van der Waals surface area contributed by atoms with E-state index in [-0.39, 0.29) is 0 Å². The SMILES string of the molecule is CCN[C@H](C)Cc1cc(C)cc(C)n1. The predicted octanol–water partition coefficient (Wildman–Crippen LogP) is 2.24. The Morgan fingerprint density at radius 2 is 2.07 bits per heavy atom. The molecule has 0 saturated heterocycles.